The summed E-state index contributed by atoms with van der Waals surface area (Å²) in [6, 6.07) is 9.49. The van der Waals surface area contributed by atoms with E-state index in [4.69, 9.17) is 4.42 Å². The van der Waals surface area contributed by atoms with E-state index in [1.54, 1.807) is 24.5 Å². The van der Waals surface area contributed by atoms with Crippen molar-refractivity contribution in [1.82, 2.24) is 9.88 Å². The van der Waals surface area contributed by atoms with Crippen molar-refractivity contribution >= 4 is 16.8 Å². The van der Waals surface area contributed by atoms with Gasteiger partial charge in [-0.2, -0.15) is 0 Å². The first-order valence-electron chi connectivity index (χ1n) is 6.08. The number of nitrogens with one attached hydrogen (secondary N) is 1. The fourth-order valence-corrected chi connectivity index (χ4v) is 2.13. The van der Waals surface area contributed by atoms with Gasteiger partial charge in [-0.15, -0.1) is 0 Å². The predicted octanol–water partition coefficient (Wildman–Crippen LogP) is 3.03. The molecule has 0 aliphatic rings. The van der Waals surface area contributed by atoms with Gasteiger partial charge < -0.3 is 14.3 Å². The molecule has 96 valence electrons. The highest BCUT2D eigenvalue weighted by molar-refractivity contribution is 5.97. The van der Waals surface area contributed by atoms with Crippen LogP contribution in [0.3, 0.4) is 0 Å². The van der Waals surface area contributed by atoms with Crippen molar-refractivity contribution in [2.75, 3.05) is 7.05 Å². The molecule has 0 bridgehead atoms. The fraction of sp³-hybridized carbons (Fsp3) is 0.133. The fourth-order valence-electron chi connectivity index (χ4n) is 2.13. The predicted molar refractivity (Wildman–Crippen MR) is 72.8 cm³/mol. The highest BCUT2D eigenvalue weighted by atomic mass is 16.3. The van der Waals surface area contributed by atoms with Crippen molar-refractivity contribution in [1.29, 1.82) is 0 Å². The van der Waals surface area contributed by atoms with E-state index in [0.29, 0.717) is 12.1 Å². The summed E-state index contributed by atoms with van der Waals surface area (Å²) in [6.07, 6.45) is 5.13. The first kappa shape index (κ1) is 11.6. The average molecular weight is 254 g/mol. The Balaban J connectivity index is 1.82. The first-order chi connectivity index (χ1) is 9.24. The molecule has 0 aliphatic heterocycles. The third kappa shape index (κ3) is 2.25. The number of nitrogens with zero attached hydrogens (tertiary/aromatic N) is 1. The molecule has 0 saturated heterocycles. The zero-order chi connectivity index (χ0) is 13.2. The number of hydrogen-bond acceptors (Lipinski definition) is 2. The van der Waals surface area contributed by atoms with E-state index in [9.17, 15) is 4.79 Å². The van der Waals surface area contributed by atoms with E-state index in [0.717, 1.165) is 16.5 Å². The Hall–Kier alpha value is -2.49. The minimum absolute atomic E-state index is 0.00398. The van der Waals surface area contributed by atoms with Crippen molar-refractivity contribution in [3.05, 3.63) is 60.2 Å². The van der Waals surface area contributed by atoms with Gasteiger partial charge in [0.25, 0.3) is 5.91 Å². The van der Waals surface area contributed by atoms with Gasteiger partial charge in [0.15, 0.2) is 0 Å². The minimum atomic E-state index is 0.00398. The van der Waals surface area contributed by atoms with E-state index < -0.39 is 0 Å². The number of furan rings is 1. The van der Waals surface area contributed by atoms with Crippen LogP contribution < -0.4 is 0 Å². The molecule has 0 saturated carbocycles. The number of fused-ring (bicyclic) bond motifs is 1. The van der Waals surface area contributed by atoms with Crippen LogP contribution in [0.2, 0.25) is 0 Å². The Morgan fingerprint density at radius 1 is 1.32 bits per heavy atom. The minimum Gasteiger partial charge on any atom is -0.472 e. The summed E-state index contributed by atoms with van der Waals surface area (Å²) < 4.78 is 5.01. The van der Waals surface area contributed by atoms with Crippen LogP contribution in [0, 0.1) is 0 Å². The zero-order valence-electron chi connectivity index (χ0n) is 10.6. The lowest BCUT2D eigenvalue weighted by atomic mass is 10.1. The topological polar surface area (TPSA) is 49.2 Å². The van der Waals surface area contributed by atoms with Gasteiger partial charge in [0.2, 0.25) is 0 Å². The van der Waals surface area contributed by atoms with Crippen molar-refractivity contribution in [2.45, 2.75) is 6.54 Å². The van der Waals surface area contributed by atoms with Gasteiger partial charge in [-0.1, -0.05) is 0 Å². The maximum Gasteiger partial charge on any atom is 0.253 e. The maximum absolute atomic E-state index is 12.3. The highest BCUT2D eigenvalue weighted by Gasteiger charge is 2.13. The van der Waals surface area contributed by atoms with Crippen LogP contribution in [-0.2, 0) is 6.54 Å². The van der Waals surface area contributed by atoms with Crippen LogP contribution in [0.4, 0.5) is 0 Å². The molecule has 0 spiro atoms. The summed E-state index contributed by atoms with van der Waals surface area (Å²) in [5, 5.41) is 1.04. The largest absolute Gasteiger partial charge is 0.472 e. The number of H-pyrrole nitrogens is 1. The standard InChI is InChI=1S/C15H14N2O2/c1-17(9-11-5-7-19-10-11)15(18)13-2-3-14-12(8-13)4-6-16-14/h2-8,10,16H,9H2,1H3. The number of carbonyl (C=O) groups excluding carboxylic acids is 1. The summed E-state index contributed by atoms with van der Waals surface area (Å²) in [7, 11) is 1.79. The van der Waals surface area contributed by atoms with E-state index in [1.165, 1.54) is 0 Å². The summed E-state index contributed by atoms with van der Waals surface area (Å²) in [4.78, 5) is 17.1. The van der Waals surface area contributed by atoms with Gasteiger partial charge in [0, 0.05) is 41.8 Å². The summed E-state index contributed by atoms with van der Waals surface area (Å²) >= 11 is 0. The third-order valence-corrected chi connectivity index (χ3v) is 3.15. The molecule has 2 heterocycles. The lowest BCUT2D eigenvalue weighted by Gasteiger charge is -2.16. The van der Waals surface area contributed by atoms with E-state index >= 15 is 0 Å². The molecule has 0 atom stereocenters. The number of amides is 1. The van der Waals surface area contributed by atoms with Gasteiger partial charge in [-0.05, 0) is 30.3 Å². The van der Waals surface area contributed by atoms with Crippen LogP contribution in [0.25, 0.3) is 10.9 Å². The summed E-state index contributed by atoms with van der Waals surface area (Å²) in [6.45, 7) is 0.542. The summed E-state index contributed by atoms with van der Waals surface area (Å²) in [5.41, 5.74) is 2.71. The molecular formula is C15H14N2O2. The molecule has 2 aromatic heterocycles. The number of hydrogen-bond donors (Lipinski definition) is 1. The first-order valence-corrected chi connectivity index (χ1v) is 6.08. The molecule has 0 radical (unpaired) electrons. The molecule has 0 unspecified atom stereocenters. The molecule has 3 rings (SSSR count). The Morgan fingerprint density at radius 2 is 2.21 bits per heavy atom. The Morgan fingerprint density at radius 3 is 3.00 bits per heavy atom. The van der Waals surface area contributed by atoms with Crippen molar-refractivity contribution in [3.63, 3.8) is 0 Å². The quantitative estimate of drug-likeness (QED) is 0.781. The van der Waals surface area contributed by atoms with E-state index in [-0.39, 0.29) is 5.91 Å². The van der Waals surface area contributed by atoms with Crippen LogP contribution in [-0.4, -0.2) is 22.8 Å². The van der Waals surface area contributed by atoms with Crippen molar-refractivity contribution in [3.8, 4) is 0 Å². The van der Waals surface area contributed by atoms with E-state index in [2.05, 4.69) is 4.98 Å². The van der Waals surface area contributed by atoms with Crippen LogP contribution >= 0.6 is 0 Å². The monoisotopic (exact) mass is 254 g/mol. The van der Waals surface area contributed by atoms with Crippen molar-refractivity contribution in [2.24, 2.45) is 0 Å². The second-order valence-electron chi connectivity index (χ2n) is 4.57. The second kappa shape index (κ2) is 4.65. The van der Waals surface area contributed by atoms with Crippen molar-refractivity contribution < 1.29 is 9.21 Å². The zero-order valence-corrected chi connectivity index (χ0v) is 10.6. The number of carbonyl (C=O) groups is 1. The Bertz CT molecular complexity index is 698. The van der Waals surface area contributed by atoms with Gasteiger partial charge in [0.05, 0.1) is 12.5 Å². The normalized spacial score (nSPS) is 10.8. The Labute approximate surface area is 110 Å². The number of benzene rings is 1. The summed E-state index contributed by atoms with van der Waals surface area (Å²) in [5.74, 6) is 0.00398. The molecule has 4 nitrogen and oxygen atoms in total. The maximum atomic E-state index is 12.3. The lowest BCUT2D eigenvalue weighted by molar-refractivity contribution is 0.0785. The molecule has 0 fully saturated rings. The van der Waals surface area contributed by atoms with Crippen LogP contribution in [0.1, 0.15) is 15.9 Å². The van der Waals surface area contributed by atoms with Gasteiger partial charge >= 0.3 is 0 Å². The molecule has 19 heavy (non-hydrogen) atoms. The van der Waals surface area contributed by atoms with Gasteiger partial charge in [-0.3, -0.25) is 4.79 Å². The van der Waals surface area contributed by atoms with Crippen LogP contribution in [0.15, 0.2) is 53.5 Å². The average Bonchev–Trinajstić information content (AvgIpc) is 3.07. The highest BCUT2D eigenvalue weighted by Crippen LogP contribution is 2.16. The molecule has 4 heteroatoms. The lowest BCUT2D eigenvalue weighted by Crippen LogP contribution is -2.25. The molecule has 1 N–H and O–H groups in total. The molecule has 3 aromatic rings. The number of aromatic nitrogens is 1. The molecule has 1 aromatic carbocycles. The number of rotatable bonds is 3. The molecule has 0 aliphatic carbocycles. The smallest absolute Gasteiger partial charge is 0.253 e. The van der Waals surface area contributed by atoms with Gasteiger partial charge in [0.1, 0.15) is 0 Å². The van der Waals surface area contributed by atoms with Crippen LogP contribution in [0.5, 0.6) is 0 Å². The SMILES string of the molecule is CN(Cc1ccoc1)C(=O)c1ccc2[nH]ccc2c1. The number of aromatic amines is 1. The molecular weight excluding hydrogens is 240 g/mol. The second-order valence-corrected chi connectivity index (χ2v) is 4.57. The Kier molecular flexibility index (Phi) is 2.83. The van der Waals surface area contributed by atoms with E-state index in [1.807, 2.05) is 36.5 Å². The third-order valence-electron chi connectivity index (χ3n) is 3.15. The van der Waals surface area contributed by atoms with Gasteiger partial charge in [-0.25, -0.2) is 0 Å². The molecule has 1 amide bonds.